The SMILES string of the molecule is Cc1cc(C(=O)Nc2nnc(-c3ccc(S(C)(=O)=O)cc3)o2)nn1C. The van der Waals surface area contributed by atoms with E-state index in [2.05, 4.69) is 20.6 Å². The van der Waals surface area contributed by atoms with Crippen molar-refractivity contribution in [1.82, 2.24) is 20.0 Å². The van der Waals surface area contributed by atoms with Crippen LogP contribution in [0.3, 0.4) is 0 Å². The van der Waals surface area contributed by atoms with Crippen LogP contribution in [0, 0.1) is 6.92 Å². The van der Waals surface area contributed by atoms with Gasteiger partial charge in [-0.15, -0.1) is 5.10 Å². The van der Waals surface area contributed by atoms with Crippen LogP contribution in [-0.2, 0) is 16.9 Å². The zero-order chi connectivity index (χ0) is 18.2. The smallest absolute Gasteiger partial charge is 0.322 e. The van der Waals surface area contributed by atoms with E-state index < -0.39 is 15.7 Å². The Labute approximate surface area is 143 Å². The summed E-state index contributed by atoms with van der Waals surface area (Å²) in [6.45, 7) is 1.83. The number of carbonyl (C=O) groups excluding carboxylic acids is 1. The fourth-order valence-corrected chi connectivity index (χ4v) is 2.70. The van der Waals surface area contributed by atoms with Crippen LogP contribution in [0.2, 0.25) is 0 Å². The third kappa shape index (κ3) is 3.58. The Morgan fingerprint density at radius 2 is 1.88 bits per heavy atom. The van der Waals surface area contributed by atoms with Gasteiger partial charge in [0.2, 0.25) is 5.89 Å². The zero-order valence-electron chi connectivity index (χ0n) is 13.7. The Balaban J connectivity index is 1.77. The molecule has 0 saturated heterocycles. The van der Waals surface area contributed by atoms with E-state index in [0.29, 0.717) is 5.56 Å². The molecular formula is C15H15N5O4S. The van der Waals surface area contributed by atoms with Gasteiger partial charge in [-0.3, -0.25) is 14.8 Å². The molecule has 0 aliphatic rings. The summed E-state index contributed by atoms with van der Waals surface area (Å²) in [5.41, 5.74) is 1.61. The summed E-state index contributed by atoms with van der Waals surface area (Å²) in [6, 6.07) is 7.56. The Morgan fingerprint density at radius 3 is 2.44 bits per heavy atom. The second-order valence-electron chi connectivity index (χ2n) is 5.46. The highest BCUT2D eigenvalue weighted by Crippen LogP contribution is 2.22. The highest BCUT2D eigenvalue weighted by Gasteiger charge is 2.16. The number of hydrogen-bond acceptors (Lipinski definition) is 7. The van der Waals surface area contributed by atoms with Gasteiger partial charge in [-0.2, -0.15) is 5.10 Å². The number of aryl methyl sites for hydroxylation is 2. The Bertz CT molecular complexity index is 1010. The van der Waals surface area contributed by atoms with Gasteiger partial charge in [0.25, 0.3) is 5.91 Å². The van der Waals surface area contributed by atoms with Crippen molar-refractivity contribution in [1.29, 1.82) is 0 Å². The van der Waals surface area contributed by atoms with Gasteiger partial charge in [0, 0.05) is 24.6 Å². The third-order valence-corrected chi connectivity index (χ3v) is 4.65. The van der Waals surface area contributed by atoms with Crippen LogP contribution in [-0.4, -0.2) is 40.6 Å². The molecule has 3 aromatic rings. The number of benzene rings is 1. The molecule has 10 heteroatoms. The van der Waals surface area contributed by atoms with E-state index in [-0.39, 0.29) is 22.5 Å². The number of amides is 1. The lowest BCUT2D eigenvalue weighted by molar-refractivity contribution is 0.101. The summed E-state index contributed by atoms with van der Waals surface area (Å²) in [7, 11) is -1.54. The molecule has 25 heavy (non-hydrogen) atoms. The second-order valence-corrected chi connectivity index (χ2v) is 7.47. The van der Waals surface area contributed by atoms with Crippen molar-refractivity contribution in [2.75, 3.05) is 11.6 Å². The van der Waals surface area contributed by atoms with Crippen LogP contribution in [0.1, 0.15) is 16.2 Å². The van der Waals surface area contributed by atoms with Gasteiger partial charge < -0.3 is 4.42 Å². The summed E-state index contributed by atoms with van der Waals surface area (Å²) in [6.07, 6.45) is 1.13. The van der Waals surface area contributed by atoms with E-state index in [4.69, 9.17) is 4.42 Å². The van der Waals surface area contributed by atoms with Gasteiger partial charge in [-0.1, -0.05) is 5.10 Å². The Kier molecular flexibility index (Phi) is 4.13. The van der Waals surface area contributed by atoms with E-state index in [1.165, 1.54) is 12.1 Å². The lowest BCUT2D eigenvalue weighted by Crippen LogP contribution is -2.13. The minimum absolute atomic E-state index is 0.0736. The van der Waals surface area contributed by atoms with Crippen LogP contribution >= 0.6 is 0 Å². The van der Waals surface area contributed by atoms with E-state index in [1.807, 2.05) is 6.92 Å². The first-order valence-corrected chi connectivity index (χ1v) is 9.09. The fraction of sp³-hybridized carbons (Fsp3) is 0.200. The minimum atomic E-state index is -3.28. The number of hydrogen-bond donors (Lipinski definition) is 1. The Hall–Kier alpha value is -3.01. The normalized spacial score (nSPS) is 11.5. The maximum atomic E-state index is 12.1. The Morgan fingerprint density at radius 1 is 1.20 bits per heavy atom. The molecule has 2 aromatic heterocycles. The van der Waals surface area contributed by atoms with E-state index in [9.17, 15) is 13.2 Å². The van der Waals surface area contributed by atoms with Gasteiger partial charge in [0.15, 0.2) is 15.5 Å². The monoisotopic (exact) mass is 361 g/mol. The fourth-order valence-electron chi connectivity index (χ4n) is 2.07. The molecular weight excluding hydrogens is 346 g/mol. The van der Waals surface area contributed by atoms with E-state index in [0.717, 1.165) is 11.9 Å². The van der Waals surface area contributed by atoms with Crippen LogP contribution in [0.25, 0.3) is 11.5 Å². The molecule has 0 aliphatic carbocycles. The first-order valence-electron chi connectivity index (χ1n) is 7.20. The predicted molar refractivity (Wildman–Crippen MR) is 88.7 cm³/mol. The summed E-state index contributed by atoms with van der Waals surface area (Å²) < 4.78 is 29.9. The highest BCUT2D eigenvalue weighted by atomic mass is 32.2. The first kappa shape index (κ1) is 16.8. The molecule has 0 aliphatic heterocycles. The molecule has 0 spiro atoms. The molecule has 0 saturated carbocycles. The average Bonchev–Trinajstić information content (AvgIpc) is 3.14. The maximum absolute atomic E-state index is 12.1. The van der Waals surface area contributed by atoms with Crippen molar-refractivity contribution in [3.63, 3.8) is 0 Å². The highest BCUT2D eigenvalue weighted by molar-refractivity contribution is 7.90. The number of carbonyl (C=O) groups is 1. The number of aromatic nitrogens is 4. The molecule has 3 rings (SSSR count). The molecule has 0 radical (unpaired) electrons. The number of nitrogens with zero attached hydrogens (tertiary/aromatic N) is 4. The zero-order valence-corrected chi connectivity index (χ0v) is 14.5. The lowest BCUT2D eigenvalue weighted by atomic mass is 10.2. The van der Waals surface area contributed by atoms with E-state index in [1.54, 1.807) is 29.9 Å². The first-order chi connectivity index (χ1) is 11.7. The third-order valence-electron chi connectivity index (χ3n) is 3.52. The maximum Gasteiger partial charge on any atom is 0.322 e. The van der Waals surface area contributed by atoms with Crippen LogP contribution in [0.4, 0.5) is 6.01 Å². The summed E-state index contributed by atoms with van der Waals surface area (Å²) in [4.78, 5) is 12.3. The number of anilines is 1. The predicted octanol–water partition coefficient (Wildman–Crippen LogP) is 1.43. The van der Waals surface area contributed by atoms with Crippen molar-refractivity contribution < 1.29 is 17.6 Å². The molecule has 2 heterocycles. The van der Waals surface area contributed by atoms with Crippen molar-refractivity contribution in [3.05, 3.63) is 41.7 Å². The molecule has 0 atom stereocenters. The molecule has 0 bridgehead atoms. The van der Waals surface area contributed by atoms with Gasteiger partial charge in [-0.25, -0.2) is 8.42 Å². The van der Waals surface area contributed by atoms with Crippen LogP contribution in [0.15, 0.2) is 39.6 Å². The molecule has 130 valence electrons. The van der Waals surface area contributed by atoms with Crippen molar-refractivity contribution >= 4 is 21.8 Å². The minimum Gasteiger partial charge on any atom is -0.403 e. The molecule has 9 nitrogen and oxygen atoms in total. The van der Waals surface area contributed by atoms with Crippen LogP contribution < -0.4 is 5.32 Å². The van der Waals surface area contributed by atoms with Gasteiger partial charge in [-0.05, 0) is 37.3 Å². The van der Waals surface area contributed by atoms with Gasteiger partial charge in [0.1, 0.15) is 0 Å². The number of sulfone groups is 1. The standard InChI is InChI=1S/C15H15N5O4S/c1-9-8-12(19-20(9)2)13(21)16-15-18-17-14(24-15)10-4-6-11(7-5-10)25(3,22)23/h4-8H,1-3H3,(H,16,18,21). The summed E-state index contributed by atoms with van der Waals surface area (Å²) >= 11 is 0. The average molecular weight is 361 g/mol. The number of nitrogens with one attached hydrogen (secondary N) is 1. The molecule has 1 amide bonds. The summed E-state index contributed by atoms with van der Waals surface area (Å²) in [5.74, 6) is -0.307. The number of rotatable bonds is 4. The van der Waals surface area contributed by atoms with E-state index >= 15 is 0 Å². The molecule has 1 aromatic carbocycles. The molecule has 1 N–H and O–H groups in total. The molecule has 0 unspecified atom stereocenters. The largest absolute Gasteiger partial charge is 0.403 e. The quantitative estimate of drug-likeness (QED) is 0.746. The van der Waals surface area contributed by atoms with Crippen molar-refractivity contribution in [3.8, 4) is 11.5 Å². The van der Waals surface area contributed by atoms with Gasteiger partial charge >= 0.3 is 6.01 Å². The lowest BCUT2D eigenvalue weighted by Gasteiger charge is -1.99. The summed E-state index contributed by atoms with van der Waals surface area (Å²) in [5, 5.41) is 14.1. The topological polar surface area (TPSA) is 120 Å². The van der Waals surface area contributed by atoms with Crippen LogP contribution in [0.5, 0.6) is 0 Å². The molecule has 0 fully saturated rings. The van der Waals surface area contributed by atoms with Crippen molar-refractivity contribution in [2.24, 2.45) is 7.05 Å². The van der Waals surface area contributed by atoms with Gasteiger partial charge in [0.05, 0.1) is 4.90 Å². The second kappa shape index (κ2) is 6.13. The van der Waals surface area contributed by atoms with Crippen molar-refractivity contribution in [2.45, 2.75) is 11.8 Å².